The van der Waals surface area contributed by atoms with Gasteiger partial charge in [0.25, 0.3) is 0 Å². The van der Waals surface area contributed by atoms with E-state index in [2.05, 4.69) is 101 Å². The second-order valence-corrected chi connectivity index (χ2v) is 10.6. The Labute approximate surface area is 229 Å². The molecule has 9 nitrogen and oxygen atoms in total. The largest absolute Gasteiger partial charge is 0.368 e. The topological polar surface area (TPSA) is 98.3 Å². The zero-order valence-electron chi connectivity index (χ0n) is 23.3. The van der Waals surface area contributed by atoms with Gasteiger partial charge in [0.2, 0.25) is 0 Å². The van der Waals surface area contributed by atoms with Crippen molar-refractivity contribution in [1.82, 2.24) is 39.6 Å². The molecule has 1 aromatic carbocycles. The maximum Gasteiger partial charge on any atom is 0.334 e. The summed E-state index contributed by atoms with van der Waals surface area (Å²) in [7, 11) is 0. The molecule has 9 heteroatoms. The van der Waals surface area contributed by atoms with Gasteiger partial charge in [0.1, 0.15) is 5.82 Å². The van der Waals surface area contributed by atoms with Crippen molar-refractivity contribution in [2.24, 2.45) is 0 Å². The minimum atomic E-state index is -0.530. The molecule has 0 fully saturated rings. The summed E-state index contributed by atoms with van der Waals surface area (Å²) < 4.78 is 6.08. The Kier molecular flexibility index (Phi) is 7.67. The predicted molar refractivity (Wildman–Crippen MR) is 154 cm³/mol. The van der Waals surface area contributed by atoms with E-state index in [1.54, 1.807) is 0 Å². The molecule has 0 bridgehead atoms. The van der Waals surface area contributed by atoms with E-state index in [1.807, 2.05) is 33.7 Å². The van der Waals surface area contributed by atoms with Crippen LogP contribution in [0, 0.1) is 0 Å². The number of H-pyrrole nitrogens is 1. The third-order valence-corrected chi connectivity index (χ3v) is 7.51. The molecule has 0 saturated carbocycles. The number of dihydropyridines is 1. The lowest BCUT2D eigenvalue weighted by molar-refractivity contribution is 0.494. The number of nitrogens with zero attached hydrogens (tertiary/aromatic N) is 6. The van der Waals surface area contributed by atoms with E-state index >= 15 is 0 Å². The Morgan fingerprint density at radius 2 is 1.87 bits per heavy atom. The molecule has 0 spiro atoms. The van der Waals surface area contributed by atoms with Crippen LogP contribution < -0.4 is 11.0 Å². The van der Waals surface area contributed by atoms with Gasteiger partial charge >= 0.3 is 5.69 Å². The number of aromatic amines is 1. The van der Waals surface area contributed by atoms with E-state index in [-0.39, 0.29) is 11.7 Å². The van der Waals surface area contributed by atoms with Crippen LogP contribution in [0.3, 0.4) is 0 Å². The summed E-state index contributed by atoms with van der Waals surface area (Å²) in [5.41, 5.74) is 3.68. The van der Waals surface area contributed by atoms with Crippen molar-refractivity contribution < 1.29 is 0 Å². The highest BCUT2D eigenvalue weighted by molar-refractivity contribution is 5.57. The van der Waals surface area contributed by atoms with Crippen molar-refractivity contribution in [2.45, 2.75) is 77.8 Å². The number of allylic oxidation sites excluding steroid dienone is 2. The van der Waals surface area contributed by atoms with E-state index in [1.165, 1.54) is 5.56 Å². The van der Waals surface area contributed by atoms with Crippen molar-refractivity contribution in [2.75, 3.05) is 0 Å². The standard InChI is InChI=1S/C30H38N8O/c1-5-7-12-26-20-37(28-23(9-6-2)13-18-36(28)22(3)4)29(39)38(26)21-30(14-16-31-17-15-30)25-11-8-10-24(19-25)27-32-34-35-33-27/h8,10-11,13-20,22,31H,5-7,9,12,21H2,1-4H3,(H,32,33,34,35). The third kappa shape index (κ3) is 5.13. The molecule has 3 aromatic heterocycles. The Morgan fingerprint density at radius 3 is 2.56 bits per heavy atom. The minimum Gasteiger partial charge on any atom is -0.368 e. The number of imidazole rings is 1. The number of aryl methyl sites for hydroxylation is 2. The molecule has 39 heavy (non-hydrogen) atoms. The first-order valence-corrected chi connectivity index (χ1v) is 13.9. The molecule has 4 heterocycles. The fraction of sp³-hybridized carbons (Fsp3) is 0.400. The maximum absolute atomic E-state index is 14.3. The number of hydrogen-bond acceptors (Lipinski definition) is 5. The summed E-state index contributed by atoms with van der Waals surface area (Å²) in [4.78, 5) is 14.3. The van der Waals surface area contributed by atoms with Crippen LogP contribution in [0.15, 0.2) is 72.1 Å². The fourth-order valence-corrected chi connectivity index (χ4v) is 5.44. The highest BCUT2D eigenvalue weighted by atomic mass is 16.1. The summed E-state index contributed by atoms with van der Waals surface area (Å²) in [5, 5.41) is 17.6. The Morgan fingerprint density at radius 1 is 1.05 bits per heavy atom. The molecule has 1 aliphatic rings. The summed E-state index contributed by atoms with van der Waals surface area (Å²) >= 11 is 0. The first-order valence-electron chi connectivity index (χ1n) is 13.9. The van der Waals surface area contributed by atoms with E-state index in [0.29, 0.717) is 12.4 Å². The molecule has 5 rings (SSSR count). The van der Waals surface area contributed by atoms with Crippen LogP contribution in [0.25, 0.3) is 17.2 Å². The fourth-order valence-electron chi connectivity index (χ4n) is 5.44. The van der Waals surface area contributed by atoms with E-state index < -0.39 is 5.41 Å². The molecule has 0 unspecified atom stereocenters. The predicted octanol–water partition coefficient (Wildman–Crippen LogP) is 5.07. The second kappa shape index (κ2) is 11.3. The number of unbranched alkanes of at least 4 members (excludes halogenated alkanes) is 1. The van der Waals surface area contributed by atoms with Gasteiger partial charge in [0.05, 0.1) is 5.41 Å². The van der Waals surface area contributed by atoms with Gasteiger partial charge in [-0.25, -0.2) is 9.89 Å². The number of benzene rings is 1. The van der Waals surface area contributed by atoms with Gasteiger partial charge in [0.15, 0.2) is 5.82 Å². The van der Waals surface area contributed by atoms with Gasteiger partial charge in [-0.2, -0.15) is 0 Å². The minimum absolute atomic E-state index is 0.00523. The van der Waals surface area contributed by atoms with E-state index in [0.717, 1.165) is 54.7 Å². The smallest absolute Gasteiger partial charge is 0.334 e. The monoisotopic (exact) mass is 526 g/mol. The average molecular weight is 527 g/mol. The molecule has 4 aromatic rings. The second-order valence-electron chi connectivity index (χ2n) is 10.6. The highest BCUT2D eigenvalue weighted by Gasteiger charge is 2.32. The zero-order valence-corrected chi connectivity index (χ0v) is 23.3. The average Bonchev–Trinajstić information content (AvgIpc) is 3.69. The van der Waals surface area contributed by atoms with Crippen molar-refractivity contribution >= 4 is 0 Å². The molecule has 2 N–H and O–H groups in total. The Balaban J connectivity index is 1.64. The summed E-state index contributed by atoms with van der Waals surface area (Å²) in [6.45, 7) is 9.17. The lowest BCUT2D eigenvalue weighted by Gasteiger charge is -2.31. The van der Waals surface area contributed by atoms with Crippen LogP contribution >= 0.6 is 0 Å². The summed E-state index contributed by atoms with van der Waals surface area (Å²) in [6, 6.07) is 10.6. The SMILES string of the molecule is CCCCc1cn(-c2c(CCC)ccn2C(C)C)c(=O)n1CC1(c2cccc(-c3nnn[nH]3)c2)C=CNC=C1. The molecule has 0 amide bonds. The lowest BCUT2D eigenvalue weighted by Crippen LogP contribution is -2.36. The van der Waals surface area contributed by atoms with Crippen LogP contribution in [0.4, 0.5) is 0 Å². The molecular weight excluding hydrogens is 488 g/mol. The summed E-state index contributed by atoms with van der Waals surface area (Å²) in [5.74, 6) is 1.59. The molecule has 0 radical (unpaired) electrons. The van der Waals surface area contributed by atoms with Gasteiger partial charge in [-0.1, -0.05) is 57.0 Å². The molecule has 0 atom stereocenters. The van der Waals surface area contributed by atoms with Crippen molar-refractivity contribution in [3.8, 4) is 17.2 Å². The van der Waals surface area contributed by atoms with E-state index in [4.69, 9.17) is 0 Å². The van der Waals surface area contributed by atoms with Gasteiger partial charge in [-0.3, -0.25) is 9.13 Å². The van der Waals surface area contributed by atoms with Crippen molar-refractivity contribution in [3.05, 3.63) is 94.6 Å². The molecule has 0 aliphatic carbocycles. The van der Waals surface area contributed by atoms with Gasteiger partial charge in [0, 0.05) is 36.2 Å². The van der Waals surface area contributed by atoms with Crippen molar-refractivity contribution in [3.63, 3.8) is 0 Å². The summed E-state index contributed by atoms with van der Waals surface area (Å²) in [6.07, 6.45) is 17.2. The van der Waals surface area contributed by atoms with Crippen LogP contribution in [0.2, 0.25) is 0 Å². The number of rotatable bonds is 11. The number of hydrogen-bond donors (Lipinski definition) is 2. The number of tetrazole rings is 1. The van der Waals surface area contributed by atoms with Crippen LogP contribution in [0.5, 0.6) is 0 Å². The molecule has 1 aliphatic heterocycles. The van der Waals surface area contributed by atoms with Gasteiger partial charge in [-0.05, 0) is 79.2 Å². The first kappa shape index (κ1) is 26.5. The van der Waals surface area contributed by atoms with Crippen molar-refractivity contribution in [1.29, 1.82) is 0 Å². The zero-order chi connectivity index (χ0) is 27.4. The Bertz CT molecular complexity index is 1500. The van der Waals surface area contributed by atoms with Crippen LogP contribution in [-0.4, -0.2) is 34.3 Å². The Hall–Kier alpha value is -4.14. The number of aromatic nitrogens is 7. The molecule has 0 saturated heterocycles. The van der Waals surface area contributed by atoms with Crippen LogP contribution in [0.1, 0.15) is 69.8 Å². The highest BCUT2D eigenvalue weighted by Crippen LogP contribution is 2.34. The van der Waals surface area contributed by atoms with E-state index in [9.17, 15) is 4.79 Å². The molecular formula is C30H38N8O. The third-order valence-electron chi connectivity index (χ3n) is 7.51. The lowest BCUT2D eigenvalue weighted by atomic mass is 9.78. The maximum atomic E-state index is 14.3. The van der Waals surface area contributed by atoms with Gasteiger partial charge < -0.3 is 9.88 Å². The molecule has 204 valence electrons. The number of nitrogens with one attached hydrogen (secondary N) is 2. The first-order chi connectivity index (χ1) is 19.0. The van der Waals surface area contributed by atoms with Gasteiger partial charge in [-0.15, -0.1) is 5.10 Å². The normalized spacial score (nSPS) is 14.3. The van der Waals surface area contributed by atoms with Crippen LogP contribution in [-0.2, 0) is 24.8 Å². The quantitative estimate of drug-likeness (QED) is 0.285.